The van der Waals surface area contributed by atoms with Crippen LogP contribution in [0.4, 0.5) is 0 Å². The van der Waals surface area contributed by atoms with Gasteiger partial charge in [-0.25, -0.2) is 0 Å². The summed E-state index contributed by atoms with van der Waals surface area (Å²) in [7, 11) is 1.42. The first-order chi connectivity index (χ1) is 18.7. The Morgan fingerprint density at radius 1 is 1.02 bits per heavy atom. The lowest BCUT2D eigenvalue weighted by molar-refractivity contribution is -0.162. The van der Waals surface area contributed by atoms with Crippen LogP contribution in [0.15, 0.2) is 24.4 Å². The van der Waals surface area contributed by atoms with Crippen molar-refractivity contribution < 1.29 is 33.8 Å². The minimum atomic E-state index is -2.45. The number of hydrogen-bond acceptors (Lipinski definition) is 7. The highest BCUT2D eigenvalue weighted by molar-refractivity contribution is 6.10. The Hall–Kier alpha value is -3.01. The summed E-state index contributed by atoms with van der Waals surface area (Å²) in [6.45, 7) is 9.76. The molecule has 40 heavy (non-hydrogen) atoms. The first kappa shape index (κ1) is 35.0. The number of unbranched alkanes of at least 4 members (excludes halogenated alkanes) is 7. The van der Waals surface area contributed by atoms with Gasteiger partial charge in [0.15, 0.2) is 11.4 Å². The number of allylic oxidation sites excluding steroid dienone is 1. The molecule has 3 N–H and O–H groups in total. The number of Topliss-reactive ketones (excluding diaryl/α,β-unsaturated/α-hetero) is 1. The standard InChI is InChI=1S/C30H49N3O7/c1-21(2)15-13-11-9-7-8-10-12-14-16-24-23(4)28(37)30(5,39)29(38)31-19-25(34)32-22(3)17-18-26(35)33(6)20-27(36)40-24/h17-18,21,23-24,39H,3,7-16,19-20H2,1-2,4-6H3,(H,31,38)(H,32,34)/b18-17+/t23-,24-,30+/m1/s1. The highest BCUT2D eigenvalue weighted by Crippen LogP contribution is 2.23. The van der Waals surface area contributed by atoms with Gasteiger partial charge in [-0.2, -0.15) is 0 Å². The van der Waals surface area contributed by atoms with Crippen LogP contribution < -0.4 is 10.6 Å². The smallest absolute Gasteiger partial charge is 0.325 e. The van der Waals surface area contributed by atoms with Crippen molar-refractivity contribution in [3.63, 3.8) is 0 Å². The van der Waals surface area contributed by atoms with Gasteiger partial charge in [0.05, 0.1) is 12.5 Å². The molecule has 0 aromatic heterocycles. The van der Waals surface area contributed by atoms with E-state index in [1.807, 2.05) is 0 Å². The Bertz CT molecular complexity index is 926. The van der Waals surface area contributed by atoms with E-state index in [9.17, 15) is 29.1 Å². The van der Waals surface area contributed by atoms with Crippen LogP contribution in [0.3, 0.4) is 0 Å². The molecule has 0 unspecified atom stereocenters. The number of ether oxygens (including phenoxy) is 1. The fourth-order valence-electron chi connectivity index (χ4n) is 4.47. The number of amides is 3. The van der Waals surface area contributed by atoms with E-state index in [-0.39, 0.29) is 12.2 Å². The van der Waals surface area contributed by atoms with Crippen LogP contribution in [-0.2, 0) is 28.7 Å². The van der Waals surface area contributed by atoms with E-state index in [4.69, 9.17) is 4.74 Å². The Balaban J connectivity index is 2.88. The van der Waals surface area contributed by atoms with Gasteiger partial charge in [-0.3, -0.25) is 24.0 Å². The molecule has 0 aromatic rings. The first-order valence-electron chi connectivity index (χ1n) is 14.4. The number of ketones is 1. The average molecular weight is 564 g/mol. The van der Waals surface area contributed by atoms with Gasteiger partial charge >= 0.3 is 5.97 Å². The second kappa shape index (κ2) is 17.6. The van der Waals surface area contributed by atoms with Crippen molar-refractivity contribution in [2.24, 2.45) is 11.8 Å². The molecule has 1 rings (SSSR count). The summed E-state index contributed by atoms with van der Waals surface area (Å²) >= 11 is 0. The normalized spacial score (nSPS) is 24.9. The van der Waals surface area contributed by atoms with Gasteiger partial charge in [0.25, 0.3) is 5.91 Å². The molecule has 3 atom stereocenters. The molecule has 0 saturated heterocycles. The van der Waals surface area contributed by atoms with Crippen LogP contribution in [-0.4, -0.2) is 71.3 Å². The molecule has 0 fully saturated rings. The van der Waals surface area contributed by atoms with Crippen LogP contribution in [0.1, 0.15) is 91.9 Å². The third-order valence-corrected chi connectivity index (χ3v) is 7.08. The van der Waals surface area contributed by atoms with Gasteiger partial charge < -0.3 is 25.4 Å². The maximum atomic E-state index is 13.2. The number of aliphatic hydroxyl groups is 1. The molecule has 1 aliphatic rings. The fourth-order valence-corrected chi connectivity index (χ4v) is 4.47. The largest absolute Gasteiger partial charge is 0.460 e. The topological polar surface area (TPSA) is 142 Å². The molecule has 3 amide bonds. The van der Waals surface area contributed by atoms with Gasteiger partial charge in [0.1, 0.15) is 12.6 Å². The number of cyclic esters (lactones) is 1. The summed E-state index contributed by atoms with van der Waals surface area (Å²) in [5, 5.41) is 15.4. The van der Waals surface area contributed by atoms with Gasteiger partial charge in [-0.15, -0.1) is 0 Å². The van der Waals surface area contributed by atoms with E-state index in [2.05, 4.69) is 31.1 Å². The molecule has 0 spiro atoms. The van der Waals surface area contributed by atoms with E-state index in [1.54, 1.807) is 0 Å². The Kier molecular flexibility index (Phi) is 15.4. The second-order valence-electron chi connectivity index (χ2n) is 11.3. The van der Waals surface area contributed by atoms with E-state index >= 15 is 0 Å². The van der Waals surface area contributed by atoms with E-state index in [1.165, 1.54) is 52.2 Å². The number of carbonyl (C=O) groups excluding carboxylic acids is 5. The number of rotatable bonds is 11. The van der Waals surface area contributed by atoms with Crippen LogP contribution in [0, 0.1) is 11.8 Å². The summed E-state index contributed by atoms with van der Waals surface area (Å²) in [5.74, 6) is -4.02. The van der Waals surface area contributed by atoms with Crippen LogP contribution in [0.25, 0.3) is 0 Å². The minimum absolute atomic E-state index is 0.0792. The third-order valence-electron chi connectivity index (χ3n) is 7.08. The molecule has 226 valence electrons. The molecule has 0 saturated carbocycles. The minimum Gasteiger partial charge on any atom is -0.460 e. The quantitative estimate of drug-likeness (QED) is 0.199. The summed E-state index contributed by atoms with van der Waals surface area (Å²) in [4.78, 5) is 64.2. The van der Waals surface area contributed by atoms with Crippen LogP contribution in [0.5, 0.6) is 0 Å². The number of hydrogen-bond donors (Lipinski definition) is 3. The maximum Gasteiger partial charge on any atom is 0.325 e. The molecule has 10 heteroatoms. The van der Waals surface area contributed by atoms with E-state index in [0.29, 0.717) is 12.8 Å². The number of nitrogens with zero attached hydrogens (tertiary/aromatic N) is 1. The zero-order valence-corrected chi connectivity index (χ0v) is 24.9. The molecule has 0 bridgehead atoms. The lowest BCUT2D eigenvalue weighted by atomic mass is 9.85. The number of likely N-dealkylation sites (N-methyl/N-ethyl adjacent to an activating group) is 1. The monoisotopic (exact) mass is 563 g/mol. The predicted octanol–water partition coefficient (Wildman–Crippen LogP) is 3.19. The Morgan fingerprint density at radius 3 is 2.20 bits per heavy atom. The summed E-state index contributed by atoms with van der Waals surface area (Å²) in [5.41, 5.74) is -2.37. The fraction of sp³-hybridized carbons (Fsp3) is 0.700. The van der Waals surface area contributed by atoms with E-state index in [0.717, 1.165) is 43.1 Å². The lowest BCUT2D eigenvalue weighted by Gasteiger charge is -2.29. The van der Waals surface area contributed by atoms with Gasteiger partial charge in [0, 0.05) is 18.8 Å². The maximum absolute atomic E-state index is 13.2. The van der Waals surface area contributed by atoms with Crippen molar-refractivity contribution in [3.05, 3.63) is 24.4 Å². The van der Waals surface area contributed by atoms with E-state index < -0.39 is 53.6 Å². The predicted molar refractivity (Wildman–Crippen MR) is 153 cm³/mol. The molecule has 0 aromatic carbocycles. The zero-order chi connectivity index (χ0) is 30.3. The van der Waals surface area contributed by atoms with Crippen LogP contribution in [0.2, 0.25) is 0 Å². The molecule has 1 aliphatic heterocycles. The molecular weight excluding hydrogens is 514 g/mol. The van der Waals surface area contributed by atoms with Crippen molar-refractivity contribution in [1.82, 2.24) is 15.5 Å². The summed E-state index contributed by atoms with van der Waals surface area (Å²) in [6, 6.07) is 0. The van der Waals surface area contributed by atoms with Crippen LogP contribution >= 0.6 is 0 Å². The first-order valence-corrected chi connectivity index (χ1v) is 14.4. The molecule has 10 nitrogen and oxygen atoms in total. The molecule has 1 heterocycles. The Morgan fingerprint density at radius 2 is 1.60 bits per heavy atom. The SMILES string of the molecule is C=C1/C=C/C(=O)N(C)CC(=O)O[C@H](CCCCCCCCCCC(C)C)[C@@H](C)C(=O)[C@](C)(O)C(=O)NCC(=O)N1. The number of nitrogens with one attached hydrogen (secondary N) is 2. The van der Waals surface area contributed by atoms with Crippen molar-refractivity contribution in [3.8, 4) is 0 Å². The van der Waals surface area contributed by atoms with Crippen molar-refractivity contribution in [1.29, 1.82) is 0 Å². The Labute approximate surface area is 239 Å². The summed E-state index contributed by atoms with van der Waals surface area (Å²) < 4.78 is 5.63. The second-order valence-corrected chi connectivity index (χ2v) is 11.3. The highest BCUT2D eigenvalue weighted by Gasteiger charge is 2.44. The molecular formula is C30H49N3O7. The lowest BCUT2D eigenvalue weighted by Crippen LogP contribution is -2.55. The molecule has 0 aliphatic carbocycles. The summed E-state index contributed by atoms with van der Waals surface area (Å²) in [6.07, 6.45) is 11.7. The van der Waals surface area contributed by atoms with Crippen molar-refractivity contribution in [2.45, 2.75) is 104 Å². The van der Waals surface area contributed by atoms with Gasteiger partial charge in [-0.05, 0) is 31.8 Å². The number of carbonyl (C=O) groups is 5. The van der Waals surface area contributed by atoms with Gasteiger partial charge in [-0.1, -0.05) is 78.7 Å². The average Bonchev–Trinajstić information content (AvgIpc) is 2.88. The van der Waals surface area contributed by atoms with Crippen molar-refractivity contribution >= 4 is 29.5 Å². The number of esters is 1. The highest BCUT2D eigenvalue weighted by atomic mass is 16.5. The zero-order valence-electron chi connectivity index (χ0n) is 24.9. The van der Waals surface area contributed by atoms with Crippen molar-refractivity contribution in [2.75, 3.05) is 20.1 Å². The third kappa shape index (κ3) is 12.9. The van der Waals surface area contributed by atoms with Gasteiger partial charge in [0.2, 0.25) is 11.8 Å². The molecule has 0 radical (unpaired) electrons.